The second-order valence-corrected chi connectivity index (χ2v) is 21.5. The molecule has 9 rings (SSSR count). The summed E-state index contributed by atoms with van der Waals surface area (Å²) in [6.07, 6.45) is 31.7. The van der Waals surface area contributed by atoms with Crippen molar-refractivity contribution in [1.29, 1.82) is 0 Å². The zero-order chi connectivity index (χ0) is 67.5. The van der Waals surface area contributed by atoms with Crippen LogP contribution in [0.5, 0.6) is 0 Å². The van der Waals surface area contributed by atoms with E-state index in [9.17, 15) is 28.8 Å². The minimum atomic E-state index is -0.908. The predicted octanol–water partition coefficient (Wildman–Crippen LogP) is 1.85. The highest BCUT2D eigenvalue weighted by Gasteiger charge is 2.17. The number of aryl methyl sites for hydroxylation is 8. The number of anilines is 3. The molecule has 0 unspecified atom stereocenters. The molecular formula is C73H87I2N15O7. The summed E-state index contributed by atoms with van der Waals surface area (Å²) in [6.45, 7) is 9.35. The predicted molar refractivity (Wildman–Crippen MR) is 365 cm³/mol. The molecule has 0 saturated heterocycles. The van der Waals surface area contributed by atoms with E-state index in [1.165, 1.54) is 29.5 Å². The molecule has 3 aromatic carbocycles. The van der Waals surface area contributed by atoms with E-state index in [0.717, 1.165) is 115 Å². The number of hydrogen-bond acceptors (Lipinski definition) is 15. The fourth-order valence-electron chi connectivity index (χ4n) is 9.04. The lowest BCUT2D eigenvalue weighted by Crippen LogP contribution is -3.00. The van der Waals surface area contributed by atoms with Gasteiger partial charge in [-0.05, 0) is 162 Å². The first-order chi connectivity index (χ1) is 46.4. The van der Waals surface area contributed by atoms with Crippen LogP contribution in [0, 0.1) is 0 Å². The van der Waals surface area contributed by atoms with Crippen LogP contribution in [-0.4, -0.2) is 62.0 Å². The van der Waals surface area contributed by atoms with Gasteiger partial charge in [-0.15, -0.1) is 0 Å². The fraction of sp³-hybridized carbons (Fsp3) is 0.260. The Kier molecular flexibility index (Phi) is 38.7. The number of rotatable bonds is 27. The number of carbonyl (C=O) groups is 6. The second kappa shape index (κ2) is 47.1. The topological polar surface area (TPSA) is 293 Å². The Hall–Kier alpha value is -9.80. The Labute approximate surface area is 602 Å². The highest BCUT2D eigenvalue weighted by Crippen LogP contribution is 2.19. The third-order valence-electron chi connectivity index (χ3n) is 14.5. The molecule has 510 valence electrons. The molecule has 6 heterocycles. The van der Waals surface area contributed by atoms with Gasteiger partial charge in [0.05, 0.1) is 23.7 Å². The van der Waals surface area contributed by atoms with Gasteiger partial charge in [-0.25, -0.2) is 13.9 Å². The highest BCUT2D eigenvalue weighted by atomic mass is 127. The normalized spacial score (nSPS) is 9.98. The largest absolute Gasteiger partial charge is 1.00 e. The van der Waals surface area contributed by atoms with Gasteiger partial charge in [0.1, 0.15) is 13.1 Å². The molecule has 6 aromatic heterocycles. The van der Waals surface area contributed by atoms with E-state index in [4.69, 9.17) is 5.73 Å². The van der Waals surface area contributed by atoms with Crippen molar-refractivity contribution in [3.8, 4) is 0 Å². The monoisotopic (exact) mass is 1540 g/mol. The quantitative estimate of drug-likeness (QED) is 0.0117. The molecule has 10 N–H and O–H groups in total. The lowest BCUT2D eigenvalue weighted by atomic mass is 10.0. The van der Waals surface area contributed by atoms with Crippen LogP contribution in [0.15, 0.2) is 220 Å². The summed E-state index contributed by atoms with van der Waals surface area (Å²) < 4.78 is 8.96. The molecule has 9 aromatic rings. The number of hydrogen-bond donors (Lipinski definition) is 9. The van der Waals surface area contributed by atoms with E-state index in [1.807, 2.05) is 134 Å². The van der Waals surface area contributed by atoms with E-state index < -0.39 is 35.5 Å². The van der Waals surface area contributed by atoms with Crippen LogP contribution in [0.1, 0.15) is 96.5 Å². The van der Waals surface area contributed by atoms with Crippen molar-refractivity contribution < 1.29 is 90.6 Å². The summed E-state index contributed by atoms with van der Waals surface area (Å²) in [5.41, 5.74) is 33.2. The number of esters is 1. The molecule has 0 fully saturated rings. The molecule has 0 atom stereocenters. The van der Waals surface area contributed by atoms with Crippen molar-refractivity contribution >= 4 is 52.6 Å². The minimum Gasteiger partial charge on any atom is -1.00 e. The number of halogens is 2. The summed E-state index contributed by atoms with van der Waals surface area (Å²) in [5, 5.41) is 5.25. The Bertz CT molecular complexity index is 3740. The number of carbonyl (C=O) groups excluding carboxylic acids is 6. The van der Waals surface area contributed by atoms with E-state index in [1.54, 1.807) is 68.6 Å². The molecule has 0 spiro atoms. The number of ether oxygens (including phenoxy) is 1. The number of benzene rings is 3. The molecule has 5 amide bonds. The van der Waals surface area contributed by atoms with Crippen LogP contribution in [0.3, 0.4) is 0 Å². The standard InChI is InChI=1S/C29H37N5O2.C21H21N5O2.C17H19N3O3.C6H8N2.2HI/c1-3-5-17-33-19-13-24(14-20-33)11-12-26-9-7-8-10-27(26)31-32-29(36)28(35)30-23-25-15-21-34(22-16-25)18-6-4-2;27-20(24-15-17-9-13-23-14-10-17)21(28)26-25-19-4-2-1-3-18(19)6-5-16-7-11-22-12-8-16;1-2-23-17(22)16(21)20-19-15-6-4-3-5-14(15)8-7-13-9-11-18-12-10-13;7-5-6-1-3-8-4-2-6;;/h7-10,13-16,19-22H,3-6,11-12,17-18,23H2,1-2H3,(H-2,30,31,32,35,36);1-4,7-14,25H,5-6,15H2,(H,24,27)(H,26,28);3-6,9-12,19H,2,7-8H2,1H3,(H,20,21);1-4H,5,7H2;2*1H. The zero-order valence-electron chi connectivity index (χ0n) is 55.0. The van der Waals surface area contributed by atoms with Crippen molar-refractivity contribution in [3.05, 3.63) is 270 Å². The van der Waals surface area contributed by atoms with Crippen molar-refractivity contribution in [2.24, 2.45) is 5.73 Å². The summed E-state index contributed by atoms with van der Waals surface area (Å²) in [6, 6.07) is 46.5. The van der Waals surface area contributed by atoms with E-state index in [-0.39, 0.29) is 61.1 Å². The van der Waals surface area contributed by atoms with Crippen molar-refractivity contribution in [3.63, 3.8) is 0 Å². The van der Waals surface area contributed by atoms with Gasteiger partial charge in [0.2, 0.25) is 0 Å². The lowest BCUT2D eigenvalue weighted by molar-refractivity contribution is -0.697. The first kappa shape index (κ1) is 79.6. The van der Waals surface area contributed by atoms with Gasteiger partial charge in [0.15, 0.2) is 24.8 Å². The summed E-state index contributed by atoms with van der Waals surface area (Å²) >= 11 is 0. The van der Waals surface area contributed by atoms with Gasteiger partial charge in [-0.3, -0.25) is 76.5 Å². The maximum Gasteiger partial charge on any atom is 0.398 e. The molecule has 0 aliphatic carbocycles. The number of nitrogens with one attached hydrogen (secondary N) is 8. The molecular weight excluding hydrogens is 1450 g/mol. The first-order valence-electron chi connectivity index (χ1n) is 31.8. The molecule has 0 aliphatic rings. The van der Waals surface area contributed by atoms with Crippen molar-refractivity contribution in [2.45, 2.75) is 118 Å². The summed E-state index contributed by atoms with van der Waals surface area (Å²) in [5.74, 6) is -4.59. The molecule has 0 saturated carbocycles. The molecule has 0 aliphatic heterocycles. The number of amides is 5. The number of pyridine rings is 6. The van der Waals surface area contributed by atoms with Gasteiger partial charge >= 0.3 is 35.5 Å². The Morgan fingerprint density at radius 3 is 1.03 bits per heavy atom. The summed E-state index contributed by atoms with van der Waals surface area (Å²) in [4.78, 5) is 87.1. The van der Waals surface area contributed by atoms with E-state index >= 15 is 0 Å². The third kappa shape index (κ3) is 31.1. The van der Waals surface area contributed by atoms with Crippen LogP contribution >= 0.6 is 0 Å². The number of hydrazine groups is 3. The maximum absolute atomic E-state index is 12.3. The van der Waals surface area contributed by atoms with Crippen molar-refractivity contribution in [1.82, 2.24) is 46.8 Å². The number of nitrogens with two attached hydrogens (primary N) is 1. The summed E-state index contributed by atoms with van der Waals surface area (Å²) in [7, 11) is 0. The third-order valence-corrected chi connectivity index (χ3v) is 14.5. The number of unbranched alkanes of at least 4 members (excludes halogenated alkanes) is 2. The Morgan fingerprint density at radius 2 is 0.691 bits per heavy atom. The fourth-order valence-corrected chi connectivity index (χ4v) is 9.04. The minimum absolute atomic E-state index is 0. The maximum atomic E-state index is 12.3. The van der Waals surface area contributed by atoms with Crippen LogP contribution in [0.25, 0.3) is 0 Å². The Morgan fingerprint density at radius 1 is 0.381 bits per heavy atom. The molecule has 22 nitrogen and oxygen atoms in total. The van der Waals surface area contributed by atoms with Crippen LogP contribution in [0.4, 0.5) is 17.1 Å². The van der Waals surface area contributed by atoms with E-state index in [2.05, 4.69) is 115 Å². The molecule has 97 heavy (non-hydrogen) atoms. The van der Waals surface area contributed by atoms with Gasteiger partial charge < -0.3 is 69.1 Å². The average molecular weight is 1540 g/mol. The lowest BCUT2D eigenvalue weighted by Gasteiger charge is -2.13. The smallest absolute Gasteiger partial charge is 0.398 e. The SMILES string of the molecule is CCCC[n+]1ccc(CCc2ccccc2NNC(=O)C(=O)NCc2cc[n+](CCCC)cc2)cc1.CCOC(=O)C(=O)NNc1ccccc1CCc1ccncc1.NCc1ccncc1.O=C(NCc1ccncc1)C(=O)NNc1ccccc1CCc1ccncc1.[I-].[I-]. The molecule has 24 heteroatoms. The Balaban J connectivity index is 0.000000294. The van der Waals surface area contributed by atoms with Crippen LogP contribution in [-0.2, 0) is 105 Å². The average Bonchev–Trinajstić information content (AvgIpc) is 1.27. The van der Waals surface area contributed by atoms with Gasteiger partial charge in [-0.2, -0.15) is 0 Å². The van der Waals surface area contributed by atoms with Gasteiger partial charge in [0.25, 0.3) is 0 Å². The molecule has 0 radical (unpaired) electrons. The van der Waals surface area contributed by atoms with Crippen molar-refractivity contribution in [2.75, 3.05) is 22.9 Å². The van der Waals surface area contributed by atoms with Crippen LogP contribution in [0.2, 0.25) is 0 Å². The second-order valence-electron chi connectivity index (χ2n) is 21.5. The number of aromatic nitrogens is 6. The molecule has 0 bridgehead atoms. The number of para-hydroxylation sites is 3. The first-order valence-corrected chi connectivity index (χ1v) is 31.8. The highest BCUT2D eigenvalue weighted by molar-refractivity contribution is 6.35. The van der Waals surface area contributed by atoms with E-state index in [0.29, 0.717) is 13.1 Å². The van der Waals surface area contributed by atoms with Gasteiger partial charge in [0, 0.05) is 106 Å². The van der Waals surface area contributed by atoms with Gasteiger partial charge in [-0.1, -0.05) is 81.3 Å². The zero-order valence-corrected chi connectivity index (χ0v) is 59.3. The van der Waals surface area contributed by atoms with Crippen LogP contribution < -0.4 is 106 Å². The number of nitrogens with zero attached hydrogens (tertiary/aromatic N) is 6.